The quantitative estimate of drug-likeness (QED) is 0.678. The largest absolute Gasteiger partial charge is 0.464 e. The number of aromatic nitrogens is 1. The molecule has 0 atom stereocenters. The van der Waals surface area contributed by atoms with E-state index in [1.165, 1.54) is 24.0 Å². The maximum absolute atomic E-state index is 11.7. The van der Waals surface area contributed by atoms with Gasteiger partial charge in [-0.2, -0.15) is 0 Å². The normalized spacial score (nSPS) is 10.3. The molecule has 0 amide bonds. The number of hydrogen-bond acceptors (Lipinski definition) is 4. The van der Waals surface area contributed by atoms with Gasteiger partial charge in [-0.25, -0.2) is 9.78 Å². The van der Waals surface area contributed by atoms with Crippen LogP contribution >= 0.6 is 11.3 Å². The predicted molar refractivity (Wildman–Crippen MR) is 84.3 cm³/mol. The third-order valence-corrected chi connectivity index (χ3v) is 4.08. The minimum absolute atomic E-state index is 0.370. The predicted octanol–water partition coefficient (Wildman–Crippen LogP) is 4.26. The number of rotatable bonds is 3. The summed E-state index contributed by atoms with van der Waals surface area (Å²) in [6, 6.07) is 18.3. The molecule has 0 saturated carbocycles. The van der Waals surface area contributed by atoms with E-state index < -0.39 is 5.97 Å². The van der Waals surface area contributed by atoms with Crippen LogP contribution in [0.25, 0.3) is 21.6 Å². The zero-order chi connectivity index (χ0) is 14.7. The molecule has 0 fully saturated rings. The van der Waals surface area contributed by atoms with Gasteiger partial charge in [0.05, 0.1) is 17.5 Å². The third-order valence-electron chi connectivity index (χ3n) is 3.20. The summed E-state index contributed by atoms with van der Waals surface area (Å²) < 4.78 is 4.76. The minimum atomic E-state index is -0.404. The van der Waals surface area contributed by atoms with Crippen molar-refractivity contribution < 1.29 is 9.53 Å². The number of esters is 1. The Morgan fingerprint density at radius 3 is 2.24 bits per heavy atom. The molecule has 21 heavy (non-hydrogen) atoms. The van der Waals surface area contributed by atoms with Crippen LogP contribution in [0, 0.1) is 0 Å². The maximum atomic E-state index is 11.7. The molecular weight excluding hydrogens is 282 g/mol. The van der Waals surface area contributed by atoms with Gasteiger partial charge in [-0.3, -0.25) is 0 Å². The third kappa shape index (κ3) is 2.71. The number of benzene rings is 2. The van der Waals surface area contributed by atoms with Gasteiger partial charge in [0.15, 0.2) is 5.69 Å². The lowest BCUT2D eigenvalue weighted by molar-refractivity contribution is 0.0596. The molecule has 1 aromatic heterocycles. The number of ether oxygens (including phenoxy) is 1. The first-order valence-corrected chi connectivity index (χ1v) is 7.35. The molecule has 0 aliphatic heterocycles. The summed E-state index contributed by atoms with van der Waals surface area (Å²) in [6.45, 7) is 0. The molecule has 3 aromatic rings. The van der Waals surface area contributed by atoms with Crippen molar-refractivity contribution in [3.05, 3.63) is 65.8 Å². The van der Waals surface area contributed by atoms with Gasteiger partial charge in [0.1, 0.15) is 0 Å². The molecule has 1 heterocycles. The summed E-state index contributed by atoms with van der Waals surface area (Å²) in [5, 5.41) is 0. The Bertz CT molecular complexity index is 748. The summed E-state index contributed by atoms with van der Waals surface area (Å²) >= 11 is 1.44. The molecule has 104 valence electrons. The van der Waals surface area contributed by atoms with Gasteiger partial charge in [0, 0.05) is 0 Å². The van der Waals surface area contributed by atoms with E-state index in [0.29, 0.717) is 5.69 Å². The van der Waals surface area contributed by atoms with E-state index in [4.69, 9.17) is 4.74 Å². The maximum Gasteiger partial charge on any atom is 0.358 e. The molecule has 0 unspecified atom stereocenters. The highest BCUT2D eigenvalue weighted by Gasteiger charge is 2.16. The Balaban J connectivity index is 1.95. The van der Waals surface area contributed by atoms with E-state index >= 15 is 0 Å². The fourth-order valence-electron chi connectivity index (χ4n) is 2.14. The molecule has 4 heteroatoms. The number of methoxy groups -OCH3 is 1. The molecule has 3 nitrogen and oxygen atoms in total. The van der Waals surface area contributed by atoms with Gasteiger partial charge >= 0.3 is 5.97 Å². The van der Waals surface area contributed by atoms with E-state index in [9.17, 15) is 4.79 Å². The van der Waals surface area contributed by atoms with Crippen LogP contribution in [0.1, 0.15) is 10.5 Å². The Hall–Kier alpha value is -2.46. The second kappa shape index (κ2) is 5.89. The molecule has 0 N–H and O–H groups in total. The van der Waals surface area contributed by atoms with Crippen molar-refractivity contribution in [2.75, 3.05) is 7.11 Å². The first-order chi connectivity index (χ1) is 10.3. The summed E-state index contributed by atoms with van der Waals surface area (Å²) in [4.78, 5) is 16.6. The molecule has 0 bridgehead atoms. The second-order valence-corrected chi connectivity index (χ2v) is 5.32. The lowest BCUT2D eigenvalue weighted by Crippen LogP contribution is -2.02. The van der Waals surface area contributed by atoms with Crippen LogP contribution in [0.4, 0.5) is 0 Å². The number of carbonyl (C=O) groups excluding carboxylic acids is 1. The van der Waals surface area contributed by atoms with Crippen molar-refractivity contribution in [1.29, 1.82) is 0 Å². The highest BCUT2D eigenvalue weighted by molar-refractivity contribution is 7.13. The Kier molecular flexibility index (Phi) is 3.79. The highest BCUT2D eigenvalue weighted by atomic mass is 32.1. The van der Waals surface area contributed by atoms with E-state index in [-0.39, 0.29) is 0 Å². The van der Waals surface area contributed by atoms with Crippen LogP contribution in [-0.4, -0.2) is 18.1 Å². The number of nitrogens with zero attached hydrogens (tertiary/aromatic N) is 1. The first-order valence-electron chi connectivity index (χ1n) is 6.47. The Morgan fingerprint density at radius 1 is 0.952 bits per heavy atom. The number of thiazole rings is 1. The van der Waals surface area contributed by atoms with E-state index in [2.05, 4.69) is 17.1 Å². The van der Waals surface area contributed by atoms with Crippen molar-refractivity contribution in [1.82, 2.24) is 4.98 Å². The van der Waals surface area contributed by atoms with Crippen LogP contribution < -0.4 is 0 Å². The average Bonchev–Trinajstić information content (AvgIpc) is 3.05. The van der Waals surface area contributed by atoms with Crippen LogP contribution in [-0.2, 0) is 4.74 Å². The smallest absolute Gasteiger partial charge is 0.358 e. The number of hydrogen-bond donors (Lipinski definition) is 0. The molecule has 0 aliphatic carbocycles. The van der Waals surface area contributed by atoms with Gasteiger partial charge in [-0.05, 0) is 16.7 Å². The van der Waals surface area contributed by atoms with Crippen LogP contribution in [0.3, 0.4) is 0 Å². The monoisotopic (exact) mass is 295 g/mol. The van der Waals surface area contributed by atoms with Crippen molar-refractivity contribution in [3.63, 3.8) is 0 Å². The fourth-order valence-corrected chi connectivity index (χ4v) is 2.92. The SMILES string of the molecule is COC(=O)c1ncsc1-c1ccc(-c2ccccc2)cc1. The van der Waals surface area contributed by atoms with Crippen LogP contribution in [0.15, 0.2) is 60.1 Å². The summed E-state index contributed by atoms with van der Waals surface area (Å²) in [5.74, 6) is -0.404. The summed E-state index contributed by atoms with van der Waals surface area (Å²) in [5.41, 5.74) is 5.31. The lowest BCUT2D eigenvalue weighted by atomic mass is 10.0. The topological polar surface area (TPSA) is 39.2 Å². The lowest BCUT2D eigenvalue weighted by Gasteiger charge is -2.04. The highest BCUT2D eigenvalue weighted by Crippen LogP contribution is 2.30. The fraction of sp³-hybridized carbons (Fsp3) is 0.0588. The van der Waals surface area contributed by atoms with Crippen molar-refractivity contribution in [2.45, 2.75) is 0 Å². The van der Waals surface area contributed by atoms with Crippen molar-refractivity contribution >= 4 is 17.3 Å². The Morgan fingerprint density at radius 2 is 1.57 bits per heavy atom. The molecule has 3 rings (SSSR count). The van der Waals surface area contributed by atoms with Crippen LogP contribution in [0.5, 0.6) is 0 Å². The number of carbonyl (C=O) groups is 1. The zero-order valence-corrected chi connectivity index (χ0v) is 12.3. The van der Waals surface area contributed by atoms with Crippen molar-refractivity contribution in [2.24, 2.45) is 0 Å². The zero-order valence-electron chi connectivity index (χ0n) is 11.4. The van der Waals surface area contributed by atoms with E-state index in [1.54, 1.807) is 5.51 Å². The van der Waals surface area contributed by atoms with Crippen molar-refractivity contribution in [3.8, 4) is 21.6 Å². The summed E-state index contributed by atoms with van der Waals surface area (Å²) in [6.07, 6.45) is 0. The Labute approximate surface area is 126 Å². The van der Waals surface area contributed by atoms with Gasteiger partial charge in [-0.15, -0.1) is 11.3 Å². The molecule has 0 aliphatic rings. The van der Waals surface area contributed by atoms with Gasteiger partial charge in [0.25, 0.3) is 0 Å². The molecule has 2 aromatic carbocycles. The van der Waals surface area contributed by atoms with E-state index in [1.807, 2.05) is 42.5 Å². The van der Waals surface area contributed by atoms with Gasteiger partial charge in [0.2, 0.25) is 0 Å². The van der Waals surface area contributed by atoms with E-state index in [0.717, 1.165) is 16.0 Å². The summed E-state index contributed by atoms with van der Waals surface area (Å²) in [7, 11) is 1.37. The molecular formula is C17H13NO2S. The first kappa shape index (κ1) is 13.5. The molecule has 0 radical (unpaired) electrons. The molecule has 0 saturated heterocycles. The second-order valence-electron chi connectivity index (χ2n) is 4.47. The standard InChI is InChI=1S/C17H13NO2S/c1-20-17(19)15-16(21-11-18-15)14-9-7-13(8-10-14)12-5-3-2-4-6-12/h2-11H,1H3. The minimum Gasteiger partial charge on any atom is -0.464 e. The van der Waals surface area contributed by atoms with Gasteiger partial charge in [-0.1, -0.05) is 54.6 Å². The average molecular weight is 295 g/mol. The van der Waals surface area contributed by atoms with Crippen LogP contribution in [0.2, 0.25) is 0 Å². The van der Waals surface area contributed by atoms with Gasteiger partial charge < -0.3 is 4.74 Å². The molecule has 0 spiro atoms.